The Balaban J connectivity index is 1.22. The number of ketones is 2. The van der Waals surface area contributed by atoms with Crippen LogP contribution in [0.25, 0.3) is 0 Å². The Kier molecular flexibility index (Phi) is 18.4. The molecule has 0 radical (unpaired) electrons. The summed E-state index contributed by atoms with van der Waals surface area (Å²) in [6.45, 7) is 19.0. The maximum atomic E-state index is 15.5. The molecular weight excluding hydrogens is 749 g/mol. The molecule has 5 fully saturated rings. The maximum Gasteiger partial charge on any atom is 0.139 e. The fourth-order valence-electron chi connectivity index (χ4n) is 14.7. The molecule has 5 saturated carbocycles. The molecule has 1 aromatic heterocycles. The molecule has 2 nitrogen and oxygen atoms in total. The van der Waals surface area contributed by atoms with E-state index in [-0.39, 0.29) is 29.1 Å². The van der Waals surface area contributed by atoms with Gasteiger partial charge in [-0.25, -0.2) is 0 Å². The van der Waals surface area contributed by atoms with Gasteiger partial charge in [0.05, 0.1) is 0 Å². The van der Waals surface area contributed by atoms with Crippen molar-refractivity contribution in [1.29, 1.82) is 0 Å². The number of fused-ring (bicyclic) bond motifs is 6. The minimum atomic E-state index is 0.176. The van der Waals surface area contributed by atoms with E-state index in [4.69, 9.17) is 0 Å². The van der Waals surface area contributed by atoms with Gasteiger partial charge in [0.1, 0.15) is 11.6 Å². The minimum Gasteiger partial charge on any atom is -0.299 e. The van der Waals surface area contributed by atoms with Crippen molar-refractivity contribution >= 4 is 22.9 Å². The normalized spacial score (nSPS) is 32.9. The lowest BCUT2D eigenvalue weighted by Gasteiger charge is -2.50. The molecule has 0 N–H and O–H groups in total. The van der Waals surface area contributed by atoms with E-state index >= 15 is 9.59 Å². The fraction of sp³-hybridized carbons (Fsp3) is 0.895. The van der Waals surface area contributed by atoms with E-state index in [1.54, 1.807) is 0 Å². The van der Waals surface area contributed by atoms with E-state index in [9.17, 15) is 0 Å². The Bertz CT molecular complexity index is 1420. The maximum absolute atomic E-state index is 15.5. The lowest BCUT2D eigenvalue weighted by molar-refractivity contribution is -0.136. The lowest BCUT2D eigenvalue weighted by Crippen LogP contribution is -2.49. The molecule has 12 unspecified atom stereocenters. The molecule has 0 saturated heterocycles. The first-order valence-corrected chi connectivity index (χ1v) is 27.9. The minimum absolute atomic E-state index is 0.176. The zero-order chi connectivity index (χ0) is 42.9. The van der Waals surface area contributed by atoms with Gasteiger partial charge >= 0.3 is 0 Å². The first-order valence-electron chi connectivity index (χ1n) is 27.1. The van der Waals surface area contributed by atoms with Gasteiger partial charge in [0.15, 0.2) is 0 Å². The summed E-state index contributed by atoms with van der Waals surface area (Å²) in [5.41, 5.74) is 0.480. The summed E-state index contributed by atoms with van der Waals surface area (Å²) in [4.78, 5) is 33.9. The van der Waals surface area contributed by atoms with Crippen LogP contribution in [0.2, 0.25) is 0 Å². The van der Waals surface area contributed by atoms with Crippen molar-refractivity contribution in [2.24, 2.45) is 70.5 Å². The molecule has 60 heavy (non-hydrogen) atoms. The van der Waals surface area contributed by atoms with Gasteiger partial charge in [-0.15, -0.1) is 11.3 Å². The fourth-order valence-corrected chi connectivity index (χ4v) is 15.9. The monoisotopic (exact) mass is 845 g/mol. The van der Waals surface area contributed by atoms with E-state index in [1.807, 2.05) is 11.3 Å². The smallest absolute Gasteiger partial charge is 0.139 e. The number of unbranched alkanes of at least 4 members (excludes halogenated alkanes) is 18. The highest BCUT2D eigenvalue weighted by Crippen LogP contribution is 2.68. The van der Waals surface area contributed by atoms with Crippen LogP contribution < -0.4 is 0 Å². The van der Waals surface area contributed by atoms with Crippen LogP contribution in [0.4, 0.5) is 0 Å². The average molecular weight is 845 g/mol. The van der Waals surface area contributed by atoms with Crippen LogP contribution in [0.15, 0.2) is 12.1 Å². The first-order chi connectivity index (χ1) is 28.9. The van der Waals surface area contributed by atoms with Gasteiger partial charge in [-0.1, -0.05) is 190 Å². The van der Waals surface area contributed by atoms with Gasteiger partial charge in [-0.2, -0.15) is 0 Å². The highest BCUT2D eigenvalue weighted by Gasteiger charge is 2.67. The number of hydrogen-bond donors (Lipinski definition) is 0. The molecule has 3 heteroatoms. The molecule has 0 spiro atoms. The summed E-state index contributed by atoms with van der Waals surface area (Å²) in [7, 11) is 0. The molecule has 0 aromatic carbocycles. The van der Waals surface area contributed by atoms with Crippen LogP contribution in [-0.4, -0.2) is 11.6 Å². The van der Waals surface area contributed by atoms with Gasteiger partial charge in [0.25, 0.3) is 0 Å². The molecule has 342 valence electrons. The molecular formula is C57H96O2S. The van der Waals surface area contributed by atoms with Crippen LogP contribution >= 0.6 is 11.3 Å². The van der Waals surface area contributed by atoms with Gasteiger partial charge in [0, 0.05) is 33.4 Å². The largest absolute Gasteiger partial charge is 0.299 e. The molecule has 0 amide bonds. The summed E-state index contributed by atoms with van der Waals surface area (Å²) in [6.07, 6.45) is 38.0. The van der Waals surface area contributed by atoms with Crippen molar-refractivity contribution in [3.63, 3.8) is 0 Å². The Hall–Kier alpha value is -0.960. The van der Waals surface area contributed by atoms with Crippen molar-refractivity contribution in [2.45, 2.75) is 253 Å². The molecule has 1 aromatic rings. The van der Waals surface area contributed by atoms with E-state index < -0.39 is 0 Å². The zero-order valence-corrected chi connectivity index (χ0v) is 41.6. The van der Waals surface area contributed by atoms with E-state index in [0.717, 1.165) is 12.8 Å². The molecule has 12 atom stereocenters. The average Bonchev–Trinajstić information content (AvgIpc) is 3.93. The summed E-state index contributed by atoms with van der Waals surface area (Å²) in [5.74, 6) is 6.33. The number of rotatable bonds is 25. The van der Waals surface area contributed by atoms with Crippen LogP contribution in [-0.2, 0) is 15.0 Å². The molecule has 1 heterocycles. The van der Waals surface area contributed by atoms with Gasteiger partial charge in [-0.05, 0) is 122 Å². The third-order valence-corrected chi connectivity index (χ3v) is 20.2. The predicted octanol–water partition coefficient (Wildman–Crippen LogP) is 17.5. The van der Waals surface area contributed by atoms with E-state index in [0.29, 0.717) is 64.3 Å². The number of carbonyl (C=O) groups excluding carboxylic acids is 2. The summed E-state index contributed by atoms with van der Waals surface area (Å²) in [6, 6.07) is 4.80. The van der Waals surface area contributed by atoms with E-state index in [2.05, 4.69) is 67.5 Å². The van der Waals surface area contributed by atoms with Crippen LogP contribution in [0, 0.1) is 70.5 Å². The van der Waals surface area contributed by atoms with Crippen LogP contribution in [0.5, 0.6) is 0 Å². The SMILES string of the molecule is CCCCCCCCCCCCC1C2C(=O)C3CC(C(C)(C)CC)CCC3C2C(CCCCCCCCCCCC)C2C(=O)C3CC(c4ccc(C(C)(C)C)s4)CCC3C12. The van der Waals surface area contributed by atoms with Crippen molar-refractivity contribution in [1.82, 2.24) is 0 Å². The standard InChI is InChI=1S/C57H96O2S/c1-9-12-14-16-18-20-22-24-26-28-30-44-50-42-34-32-40(48-36-37-49(60-48)56(4,5)6)38-46(42)54(58)52(50)45(31-29-27-25-23-21-19-17-15-13-10-2)51-43-35-33-41(57(7,8)11-3)39-47(43)55(59)53(44)51/h36-37,40-47,50-53H,9-35,38-39H2,1-8H3. The molecule has 0 aliphatic heterocycles. The Labute approximate surface area is 376 Å². The number of hydrogen-bond acceptors (Lipinski definition) is 3. The van der Waals surface area contributed by atoms with Crippen molar-refractivity contribution in [2.75, 3.05) is 0 Å². The zero-order valence-electron chi connectivity index (χ0n) is 40.8. The van der Waals surface area contributed by atoms with Crippen LogP contribution in [0.3, 0.4) is 0 Å². The first kappa shape index (κ1) is 48.5. The van der Waals surface area contributed by atoms with Gasteiger partial charge in [0.2, 0.25) is 0 Å². The predicted molar refractivity (Wildman–Crippen MR) is 259 cm³/mol. The second kappa shape index (κ2) is 22.8. The van der Waals surface area contributed by atoms with Gasteiger partial charge < -0.3 is 0 Å². The Morgan fingerprint density at radius 1 is 0.533 bits per heavy atom. The molecule has 0 bridgehead atoms. The van der Waals surface area contributed by atoms with Crippen LogP contribution in [0.1, 0.15) is 257 Å². The second-order valence-electron chi connectivity index (χ2n) is 23.6. The number of thiophene rings is 1. The molecule has 6 rings (SSSR count). The third-order valence-electron chi connectivity index (χ3n) is 18.5. The second-order valence-corrected chi connectivity index (χ2v) is 24.8. The highest BCUT2D eigenvalue weighted by atomic mass is 32.1. The Morgan fingerprint density at radius 3 is 1.40 bits per heavy atom. The quantitative estimate of drug-likeness (QED) is 0.0919. The summed E-state index contributed by atoms with van der Waals surface area (Å²) < 4.78 is 0. The number of Topliss-reactive ketones (excluding diaryl/α,β-unsaturated/α-hetero) is 2. The molecule has 5 aliphatic rings. The van der Waals surface area contributed by atoms with Crippen molar-refractivity contribution in [3.05, 3.63) is 21.9 Å². The number of carbonyl (C=O) groups is 2. The topological polar surface area (TPSA) is 34.1 Å². The third kappa shape index (κ3) is 11.5. The van der Waals surface area contributed by atoms with E-state index in [1.165, 1.54) is 183 Å². The molecule has 5 aliphatic carbocycles. The summed E-state index contributed by atoms with van der Waals surface area (Å²) in [5, 5.41) is 0. The summed E-state index contributed by atoms with van der Waals surface area (Å²) >= 11 is 2.03. The van der Waals surface area contributed by atoms with Crippen molar-refractivity contribution < 1.29 is 9.59 Å². The lowest BCUT2D eigenvalue weighted by atomic mass is 9.53. The van der Waals surface area contributed by atoms with Crippen molar-refractivity contribution in [3.8, 4) is 0 Å². The Morgan fingerprint density at radius 2 is 0.967 bits per heavy atom. The highest BCUT2D eigenvalue weighted by molar-refractivity contribution is 7.12. The van der Waals surface area contributed by atoms with Gasteiger partial charge in [-0.3, -0.25) is 9.59 Å².